The third kappa shape index (κ3) is 2.63. The molecule has 2 aromatic carbocycles. The smallest absolute Gasteiger partial charge is 0.124 e. The Morgan fingerprint density at radius 3 is 2.63 bits per heavy atom. The number of hydrogen-bond acceptors (Lipinski definition) is 3. The van der Waals surface area contributed by atoms with Crippen LogP contribution in [0.25, 0.3) is 20.8 Å². The molecule has 0 aliphatic heterocycles. The van der Waals surface area contributed by atoms with Crippen LogP contribution < -0.4 is 5.73 Å². The Balaban J connectivity index is 1.99. The van der Waals surface area contributed by atoms with E-state index in [1.54, 1.807) is 11.3 Å². The van der Waals surface area contributed by atoms with Gasteiger partial charge < -0.3 is 5.73 Å². The van der Waals surface area contributed by atoms with Gasteiger partial charge in [0, 0.05) is 10.6 Å². The first-order valence-electron chi connectivity index (χ1n) is 6.12. The van der Waals surface area contributed by atoms with Crippen molar-refractivity contribution in [1.82, 2.24) is 4.98 Å². The largest absolute Gasteiger partial charge is 0.330 e. The van der Waals surface area contributed by atoms with Crippen LogP contribution in [-0.2, 0) is 6.42 Å². The van der Waals surface area contributed by atoms with Crippen molar-refractivity contribution in [2.45, 2.75) is 6.42 Å². The average molecular weight is 289 g/mol. The highest BCUT2D eigenvalue weighted by Crippen LogP contribution is 2.31. The molecule has 0 amide bonds. The van der Waals surface area contributed by atoms with E-state index in [-0.39, 0.29) is 0 Å². The summed E-state index contributed by atoms with van der Waals surface area (Å²) in [4.78, 5) is 4.63. The molecule has 3 aromatic rings. The molecule has 19 heavy (non-hydrogen) atoms. The molecule has 1 heterocycles. The number of aromatic nitrogens is 1. The minimum absolute atomic E-state index is 0.680. The van der Waals surface area contributed by atoms with Gasteiger partial charge in [0.15, 0.2) is 0 Å². The van der Waals surface area contributed by atoms with Crippen molar-refractivity contribution in [2.24, 2.45) is 5.73 Å². The molecule has 0 atom stereocenters. The summed E-state index contributed by atoms with van der Waals surface area (Å²) in [5.74, 6) is 0. The molecular formula is C15H13ClN2S. The number of benzene rings is 2. The van der Waals surface area contributed by atoms with Gasteiger partial charge in [-0.2, -0.15) is 0 Å². The van der Waals surface area contributed by atoms with E-state index in [9.17, 15) is 0 Å². The minimum Gasteiger partial charge on any atom is -0.330 e. The summed E-state index contributed by atoms with van der Waals surface area (Å²) in [6.45, 7) is 0.680. The summed E-state index contributed by atoms with van der Waals surface area (Å²) in [5, 5.41) is 1.78. The zero-order chi connectivity index (χ0) is 13.2. The van der Waals surface area contributed by atoms with Gasteiger partial charge in [0.05, 0.1) is 10.2 Å². The molecule has 0 saturated carbocycles. The summed E-state index contributed by atoms with van der Waals surface area (Å²) < 4.78 is 1.12. The van der Waals surface area contributed by atoms with Crippen LogP contribution in [0.2, 0.25) is 5.02 Å². The van der Waals surface area contributed by atoms with Crippen LogP contribution in [0.15, 0.2) is 42.5 Å². The Kier molecular flexibility index (Phi) is 3.51. The second-order valence-electron chi connectivity index (χ2n) is 4.37. The standard InChI is InChI=1S/C15H13ClN2S/c16-12-5-6-13-14(9-12)19-15(18-13)11-3-1-10(2-4-11)7-8-17/h1-6,9H,7-8,17H2. The maximum atomic E-state index is 6.00. The first-order chi connectivity index (χ1) is 9.26. The lowest BCUT2D eigenvalue weighted by Gasteiger charge is -2.00. The van der Waals surface area contributed by atoms with E-state index in [0.29, 0.717) is 6.54 Å². The van der Waals surface area contributed by atoms with Gasteiger partial charge in [-0.05, 0) is 36.7 Å². The molecule has 0 spiro atoms. The summed E-state index contributed by atoms with van der Waals surface area (Å²) in [7, 11) is 0. The summed E-state index contributed by atoms with van der Waals surface area (Å²) in [6, 6.07) is 14.2. The highest BCUT2D eigenvalue weighted by molar-refractivity contribution is 7.21. The lowest BCUT2D eigenvalue weighted by Crippen LogP contribution is -2.02. The molecule has 0 aliphatic rings. The van der Waals surface area contributed by atoms with Crippen LogP contribution in [0.4, 0.5) is 0 Å². The Morgan fingerprint density at radius 1 is 1.11 bits per heavy atom. The molecule has 0 bridgehead atoms. The molecule has 0 radical (unpaired) electrons. The van der Waals surface area contributed by atoms with Crippen LogP contribution in [-0.4, -0.2) is 11.5 Å². The molecule has 1 aromatic heterocycles. The van der Waals surface area contributed by atoms with Gasteiger partial charge in [0.2, 0.25) is 0 Å². The first-order valence-corrected chi connectivity index (χ1v) is 7.31. The van der Waals surface area contributed by atoms with Crippen molar-refractivity contribution in [3.05, 3.63) is 53.1 Å². The molecule has 3 rings (SSSR count). The summed E-state index contributed by atoms with van der Waals surface area (Å²) >= 11 is 7.66. The van der Waals surface area contributed by atoms with Gasteiger partial charge in [-0.25, -0.2) is 4.98 Å². The van der Waals surface area contributed by atoms with Gasteiger partial charge in [0.25, 0.3) is 0 Å². The molecule has 0 unspecified atom stereocenters. The normalized spacial score (nSPS) is 11.1. The second-order valence-corrected chi connectivity index (χ2v) is 5.83. The number of hydrogen-bond donors (Lipinski definition) is 1. The molecule has 2 N–H and O–H groups in total. The zero-order valence-corrected chi connectivity index (χ0v) is 11.8. The van der Waals surface area contributed by atoms with E-state index in [4.69, 9.17) is 17.3 Å². The fraction of sp³-hybridized carbons (Fsp3) is 0.133. The van der Waals surface area contributed by atoms with E-state index >= 15 is 0 Å². The molecular weight excluding hydrogens is 276 g/mol. The zero-order valence-electron chi connectivity index (χ0n) is 10.3. The maximum Gasteiger partial charge on any atom is 0.124 e. The predicted octanol–water partition coefficient (Wildman–Crippen LogP) is 4.12. The highest BCUT2D eigenvalue weighted by atomic mass is 35.5. The van der Waals surface area contributed by atoms with Crippen molar-refractivity contribution in [2.75, 3.05) is 6.54 Å². The first kappa shape index (κ1) is 12.6. The monoisotopic (exact) mass is 288 g/mol. The van der Waals surface area contributed by atoms with Crippen LogP contribution in [0.3, 0.4) is 0 Å². The maximum absolute atomic E-state index is 6.00. The highest BCUT2D eigenvalue weighted by Gasteiger charge is 2.06. The Labute approximate surface area is 120 Å². The number of nitrogens with two attached hydrogens (primary N) is 1. The fourth-order valence-electron chi connectivity index (χ4n) is 2.00. The van der Waals surface area contributed by atoms with Gasteiger partial charge in [-0.3, -0.25) is 0 Å². The molecule has 96 valence electrons. The second kappa shape index (κ2) is 5.29. The summed E-state index contributed by atoms with van der Waals surface area (Å²) in [6.07, 6.45) is 0.912. The van der Waals surface area contributed by atoms with Gasteiger partial charge in [-0.1, -0.05) is 35.9 Å². The molecule has 4 heteroatoms. The van der Waals surface area contributed by atoms with E-state index in [2.05, 4.69) is 29.2 Å². The number of nitrogens with zero attached hydrogens (tertiary/aromatic N) is 1. The van der Waals surface area contributed by atoms with E-state index in [0.717, 1.165) is 32.2 Å². The number of halogens is 1. The topological polar surface area (TPSA) is 38.9 Å². The molecule has 0 fully saturated rings. The van der Waals surface area contributed by atoms with Crippen molar-refractivity contribution in [3.8, 4) is 10.6 Å². The predicted molar refractivity (Wildman–Crippen MR) is 82.8 cm³/mol. The van der Waals surface area contributed by atoms with Crippen molar-refractivity contribution in [1.29, 1.82) is 0 Å². The fourth-order valence-corrected chi connectivity index (χ4v) is 3.25. The average Bonchev–Trinajstić information content (AvgIpc) is 2.83. The Hall–Kier alpha value is -1.42. The molecule has 2 nitrogen and oxygen atoms in total. The van der Waals surface area contributed by atoms with Crippen LogP contribution in [0.5, 0.6) is 0 Å². The summed E-state index contributed by atoms with van der Waals surface area (Å²) in [5.41, 5.74) is 8.94. The Morgan fingerprint density at radius 2 is 1.89 bits per heavy atom. The lowest BCUT2D eigenvalue weighted by molar-refractivity contribution is 0.969. The van der Waals surface area contributed by atoms with Gasteiger partial charge in [0.1, 0.15) is 5.01 Å². The third-order valence-corrected chi connectivity index (χ3v) is 4.29. The number of thiazole rings is 1. The minimum atomic E-state index is 0.680. The van der Waals surface area contributed by atoms with Crippen LogP contribution in [0, 0.1) is 0 Å². The van der Waals surface area contributed by atoms with Gasteiger partial charge >= 0.3 is 0 Å². The number of fused-ring (bicyclic) bond motifs is 1. The molecule has 0 saturated heterocycles. The van der Waals surface area contributed by atoms with Crippen LogP contribution in [0.1, 0.15) is 5.56 Å². The SMILES string of the molecule is NCCc1ccc(-c2nc3ccc(Cl)cc3s2)cc1. The van der Waals surface area contributed by atoms with E-state index in [1.807, 2.05) is 18.2 Å². The van der Waals surface area contributed by atoms with Crippen molar-refractivity contribution < 1.29 is 0 Å². The molecule has 0 aliphatic carbocycles. The van der Waals surface area contributed by atoms with Crippen molar-refractivity contribution >= 4 is 33.2 Å². The van der Waals surface area contributed by atoms with Gasteiger partial charge in [-0.15, -0.1) is 11.3 Å². The van der Waals surface area contributed by atoms with E-state index < -0.39 is 0 Å². The quantitative estimate of drug-likeness (QED) is 0.787. The third-order valence-electron chi connectivity index (χ3n) is 2.98. The lowest BCUT2D eigenvalue weighted by atomic mass is 10.1. The van der Waals surface area contributed by atoms with E-state index in [1.165, 1.54) is 5.56 Å². The number of rotatable bonds is 3. The van der Waals surface area contributed by atoms with Crippen LogP contribution >= 0.6 is 22.9 Å². The van der Waals surface area contributed by atoms with Crippen molar-refractivity contribution in [3.63, 3.8) is 0 Å². The Bertz CT molecular complexity index is 704.